The summed E-state index contributed by atoms with van der Waals surface area (Å²) >= 11 is 18.2. The van der Waals surface area contributed by atoms with Gasteiger partial charge < -0.3 is 78.1 Å². The van der Waals surface area contributed by atoms with E-state index in [2.05, 4.69) is 63.5 Å². The number of ether oxygens (including phenoxy) is 6. The van der Waals surface area contributed by atoms with Crippen molar-refractivity contribution in [1.82, 2.24) is 0 Å². The minimum absolute atomic E-state index is 0. The molecule has 0 heterocycles. The van der Waals surface area contributed by atoms with Gasteiger partial charge in [-0.25, -0.2) is 0 Å². The van der Waals surface area contributed by atoms with Crippen LogP contribution >= 0.6 is 24.4 Å². The van der Waals surface area contributed by atoms with Gasteiger partial charge in [-0.15, -0.1) is 0 Å². The molecule has 0 N–H and O–H groups in total. The standard InChI is InChI=1S/2C9H18O3S2.Pt/c2*1-2-3-4-10-5-6-11-7-8-12-9(13)14;/h2*2-8H2,1H3,(H,13,14);/q;;+2/p-2. The first-order chi connectivity index (χ1) is 13.5. The van der Waals surface area contributed by atoms with E-state index >= 15 is 0 Å². The first-order valence-electron chi connectivity index (χ1n) is 9.53. The van der Waals surface area contributed by atoms with Gasteiger partial charge in [0.05, 0.1) is 39.6 Å². The molecule has 0 aliphatic heterocycles. The molecule has 11 heteroatoms. The molecule has 0 aliphatic rings. The summed E-state index contributed by atoms with van der Waals surface area (Å²) in [6.45, 7) is 10.2. The molecule has 0 aromatic rings. The summed E-state index contributed by atoms with van der Waals surface area (Å²) in [5.74, 6) is 0. The Balaban J connectivity index is -0.000000451. The third kappa shape index (κ3) is 39.7. The molecule has 0 saturated carbocycles. The topological polar surface area (TPSA) is 55.4 Å². The first-order valence-corrected chi connectivity index (χ1v) is 11.2. The molecule has 0 aliphatic carbocycles. The van der Waals surface area contributed by atoms with Crippen LogP contribution in [0.5, 0.6) is 0 Å². The van der Waals surface area contributed by atoms with E-state index in [0.29, 0.717) is 52.9 Å². The Bertz CT molecular complexity index is 322. The second-order valence-electron chi connectivity index (χ2n) is 5.35. The van der Waals surface area contributed by atoms with Gasteiger partial charge >= 0.3 is 21.1 Å². The molecular weight excluding hydrogens is 636 g/mol. The summed E-state index contributed by atoms with van der Waals surface area (Å²) in [4.78, 5) is 0. The summed E-state index contributed by atoms with van der Waals surface area (Å²) in [6, 6.07) is 0. The van der Waals surface area contributed by atoms with Crippen LogP contribution in [-0.4, -0.2) is 74.8 Å². The molecule has 0 atom stereocenters. The van der Waals surface area contributed by atoms with Crippen molar-refractivity contribution in [2.24, 2.45) is 0 Å². The van der Waals surface area contributed by atoms with Gasteiger partial charge in [0.2, 0.25) is 0 Å². The van der Waals surface area contributed by atoms with E-state index in [4.69, 9.17) is 28.4 Å². The Kier molecular flexibility index (Phi) is 36.7. The summed E-state index contributed by atoms with van der Waals surface area (Å²) in [5, 5.41) is 0. The maximum Gasteiger partial charge on any atom is 2.00 e. The zero-order valence-electron chi connectivity index (χ0n) is 17.3. The van der Waals surface area contributed by atoms with E-state index in [1.807, 2.05) is 0 Å². The average Bonchev–Trinajstić information content (AvgIpc) is 2.65. The normalized spacial score (nSPS) is 9.72. The molecule has 0 rings (SSSR count). The van der Waals surface area contributed by atoms with Crippen LogP contribution in [-0.2, 0) is 74.7 Å². The van der Waals surface area contributed by atoms with Gasteiger partial charge in [0.1, 0.15) is 13.2 Å². The van der Waals surface area contributed by atoms with Gasteiger partial charge in [-0.3, -0.25) is 0 Å². The van der Waals surface area contributed by atoms with Crippen molar-refractivity contribution in [3.05, 3.63) is 0 Å². The van der Waals surface area contributed by atoms with Crippen LogP contribution in [0.3, 0.4) is 0 Å². The van der Waals surface area contributed by atoms with Crippen molar-refractivity contribution >= 4 is 58.5 Å². The van der Waals surface area contributed by atoms with E-state index in [1.165, 1.54) is 0 Å². The van der Waals surface area contributed by atoms with Crippen molar-refractivity contribution < 1.29 is 49.5 Å². The van der Waals surface area contributed by atoms with E-state index in [1.54, 1.807) is 0 Å². The minimum atomic E-state index is 0. The van der Waals surface area contributed by atoms with Gasteiger partial charge in [-0.2, -0.15) is 0 Å². The van der Waals surface area contributed by atoms with Crippen LogP contribution in [0.15, 0.2) is 0 Å². The van der Waals surface area contributed by atoms with Crippen LogP contribution in [0.4, 0.5) is 0 Å². The van der Waals surface area contributed by atoms with Gasteiger partial charge in [-0.1, -0.05) is 26.7 Å². The molecule has 0 amide bonds. The number of unbranched alkanes of at least 4 members (excludes halogenated alkanes) is 2. The van der Waals surface area contributed by atoms with Crippen LogP contribution in [0, 0.1) is 0 Å². The molecule has 0 bridgehead atoms. The van der Waals surface area contributed by atoms with Crippen LogP contribution in [0.1, 0.15) is 39.5 Å². The van der Waals surface area contributed by atoms with E-state index in [0.717, 1.165) is 38.9 Å². The average molecular weight is 670 g/mol. The fourth-order valence-corrected chi connectivity index (χ4v) is 1.84. The largest absolute Gasteiger partial charge is 2.00 e. The molecule has 0 saturated heterocycles. The van der Waals surface area contributed by atoms with Crippen molar-refractivity contribution in [1.29, 1.82) is 0 Å². The second kappa shape index (κ2) is 30.9. The van der Waals surface area contributed by atoms with Gasteiger partial charge in [0.25, 0.3) is 0 Å². The quantitative estimate of drug-likeness (QED) is 0.124. The number of thiocarbonyl (C=S) groups is 2. The fourth-order valence-electron chi connectivity index (χ4n) is 1.50. The third-order valence-corrected chi connectivity index (χ3v) is 3.40. The molecule has 0 fully saturated rings. The Hall–Kier alpha value is 0.748. The van der Waals surface area contributed by atoms with E-state index in [-0.39, 0.29) is 29.8 Å². The molecule has 29 heavy (non-hydrogen) atoms. The number of hydrogen-bond donors (Lipinski definition) is 0. The smallest absolute Gasteiger partial charge is 0.511 e. The predicted molar refractivity (Wildman–Crippen MR) is 125 cm³/mol. The van der Waals surface area contributed by atoms with Crippen molar-refractivity contribution in [3.63, 3.8) is 0 Å². The molecule has 176 valence electrons. The SMILES string of the molecule is CCCCOCCOCCOC(=S)[S-].CCCCOCCOCCOC(=S)[S-].[Pt+2]. The summed E-state index contributed by atoms with van der Waals surface area (Å²) in [7, 11) is 0. The molecule has 0 unspecified atom stereocenters. The minimum Gasteiger partial charge on any atom is -0.511 e. The van der Waals surface area contributed by atoms with Crippen molar-refractivity contribution in [2.45, 2.75) is 39.5 Å². The van der Waals surface area contributed by atoms with Crippen molar-refractivity contribution in [2.75, 3.05) is 66.1 Å². The Labute approximate surface area is 212 Å². The molecule has 6 nitrogen and oxygen atoms in total. The molecule has 0 spiro atoms. The summed E-state index contributed by atoms with van der Waals surface area (Å²) in [6.07, 6.45) is 4.52. The van der Waals surface area contributed by atoms with Gasteiger partial charge in [0.15, 0.2) is 0 Å². The summed E-state index contributed by atoms with van der Waals surface area (Å²) < 4.78 is 31.0. The number of rotatable bonds is 18. The maximum absolute atomic E-state index is 5.29. The molecule has 0 aromatic heterocycles. The van der Waals surface area contributed by atoms with E-state index < -0.39 is 0 Å². The van der Waals surface area contributed by atoms with Gasteiger partial charge in [0, 0.05) is 22.0 Å². The third-order valence-electron chi connectivity index (χ3n) is 2.92. The maximum atomic E-state index is 5.29. The van der Waals surface area contributed by atoms with Crippen LogP contribution < -0.4 is 0 Å². The predicted octanol–water partition coefficient (Wildman–Crippen LogP) is 3.33. The van der Waals surface area contributed by atoms with Crippen LogP contribution in [0.25, 0.3) is 0 Å². The van der Waals surface area contributed by atoms with Crippen LogP contribution in [0.2, 0.25) is 0 Å². The molecule has 0 radical (unpaired) electrons. The molecule has 0 aromatic carbocycles. The van der Waals surface area contributed by atoms with Crippen molar-refractivity contribution in [3.8, 4) is 0 Å². The zero-order valence-corrected chi connectivity index (χ0v) is 22.8. The Morgan fingerprint density at radius 2 is 0.828 bits per heavy atom. The second-order valence-corrected chi connectivity index (χ2v) is 7.35. The Morgan fingerprint density at radius 3 is 1.10 bits per heavy atom. The first kappa shape index (κ1) is 34.4. The monoisotopic (exact) mass is 669 g/mol. The fraction of sp³-hybridized carbons (Fsp3) is 0.889. The molecular formula is C18H34O6PtS4. The number of hydrogen-bond acceptors (Lipinski definition) is 10. The summed E-state index contributed by atoms with van der Waals surface area (Å²) in [5.41, 5.74) is 0. The van der Waals surface area contributed by atoms with Gasteiger partial charge in [-0.05, 0) is 12.8 Å². The Morgan fingerprint density at radius 1 is 0.552 bits per heavy atom. The van der Waals surface area contributed by atoms with E-state index in [9.17, 15) is 0 Å². The zero-order chi connectivity index (χ0) is 21.3.